The number of ether oxygens (including phenoxy) is 1. The number of nitro benzene ring substituents is 1. The third kappa shape index (κ3) is 5.61. The van der Waals surface area contributed by atoms with Gasteiger partial charge in [-0.05, 0) is 41.8 Å². The summed E-state index contributed by atoms with van der Waals surface area (Å²) in [6, 6.07) is 12.1. The van der Waals surface area contributed by atoms with Gasteiger partial charge in [-0.25, -0.2) is 9.59 Å². The Morgan fingerprint density at radius 3 is 2.20 bits per heavy atom. The predicted molar refractivity (Wildman–Crippen MR) is 88.4 cm³/mol. The van der Waals surface area contributed by atoms with Crippen LogP contribution in [0.5, 0.6) is 0 Å². The van der Waals surface area contributed by atoms with Crippen LogP contribution < -0.4 is 5.32 Å². The average Bonchev–Trinajstić information content (AvgIpc) is 2.60. The van der Waals surface area contributed by atoms with Crippen LogP contribution in [-0.2, 0) is 17.8 Å². The van der Waals surface area contributed by atoms with Crippen LogP contribution in [0.2, 0.25) is 0 Å². The van der Waals surface area contributed by atoms with Gasteiger partial charge in [0.25, 0.3) is 5.69 Å². The number of carboxylic acids is 1. The first kappa shape index (κ1) is 17.9. The average molecular weight is 344 g/mol. The van der Waals surface area contributed by atoms with E-state index in [-0.39, 0.29) is 17.9 Å². The Morgan fingerprint density at radius 2 is 1.64 bits per heavy atom. The van der Waals surface area contributed by atoms with Crippen molar-refractivity contribution in [1.82, 2.24) is 5.32 Å². The minimum Gasteiger partial charge on any atom is -0.478 e. The van der Waals surface area contributed by atoms with Crippen LogP contribution in [0, 0.1) is 10.1 Å². The molecule has 25 heavy (non-hydrogen) atoms. The van der Waals surface area contributed by atoms with E-state index in [2.05, 4.69) is 5.32 Å². The summed E-state index contributed by atoms with van der Waals surface area (Å²) < 4.78 is 5.02. The SMILES string of the molecule is O=C(NCCc1ccc(C(=O)O)cc1)OCc1ccc([N+](=O)[O-])cc1. The maximum absolute atomic E-state index is 11.6. The molecule has 0 atom stereocenters. The quantitative estimate of drug-likeness (QED) is 0.589. The number of nitro groups is 1. The third-order valence-corrected chi connectivity index (χ3v) is 3.40. The topological polar surface area (TPSA) is 119 Å². The Bertz CT molecular complexity index is 756. The minimum atomic E-state index is -0.987. The van der Waals surface area contributed by atoms with Gasteiger partial charge in [0.15, 0.2) is 0 Å². The second-order valence-electron chi connectivity index (χ2n) is 5.18. The van der Waals surface area contributed by atoms with Crippen molar-refractivity contribution in [3.05, 3.63) is 75.3 Å². The van der Waals surface area contributed by atoms with E-state index in [4.69, 9.17) is 9.84 Å². The molecule has 2 aromatic carbocycles. The summed E-state index contributed by atoms with van der Waals surface area (Å²) in [7, 11) is 0. The Hall–Kier alpha value is -3.42. The number of amides is 1. The normalized spacial score (nSPS) is 10.1. The van der Waals surface area contributed by atoms with E-state index in [1.165, 1.54) is 36.4 Å². The highest BCUT2D eigenvalue weighted by atomic mass is 16.6. The molecule has 0 aliphatic rings. The number of hydrogen-bond acceptors (Lipinski definition) is 5. The molecular formula is C17H16N2O6. The van der Waals surface area contributed by atoms with Gasteiger partial charge in [-0.1, -0.05) is 12.1 Å². The van der Waals surface area contributed by atoms with Crippen LogP contribution in [0.25, 0.3) is 0 Å². The van der Waals surface area contributed by atoms with Gasteiger partial charge in [-0.3, -0.25) is 10.1 Å². The van der Waals surface area contributed by atoms with E-state index in [9.17, 15) is 19.7 Å². The molecule has 2 rings (SSSR count). The molecule has 2 N–H and O–H groups in total. The summed E-state index contributed by atoms with van der Waals surface area (Å²) in [5.41, 5.74) is 1.71. The molecule has 8 heteroatoms. The number of carbonyl (C=O) groups excluding carboxylic acids is 1. The summed E-state index contributed by atoms with van der Waals surface area (Å²) >= 11 is 0. The summed E-state index contributed by atoms with van der Waals surface area (Å²) in [6.45, 7) is 0.350. The van der Waals surface area contributed by atoms with E-state index in [1.807, 2.05) is 0 Å². The van der Waals surface area contributed by atoms with Crippen molar-refractivity contribution in [2.45, 2.75) is 13.0 Å². The first-order chi connectivity index (χ1) is 12.0. The van der Waals surface area contributed by atoms with Crippen molar-refractivity contribution in [3.63, 3.8) is 0 Å². The fourth-order valence-electron chi connectivity index (χ4n) is 2.04. The maximum atomic E-state index is 11.6. The Balaban J connectivity index is 1.71. The van der Waals surface area contributed by atoms with Crippen LogP contribution in [0.15, 0.2) is 48.5 Å². The van der Waals surface area contributed by atoms with Crippen LogP contribution >= 0.6 is 0 Å². The standard InChI is InChI=1S/C17H16N2O6/c20-16(21)14-5-1-12(2-6-14)9-10-18-17(22)25-11-13-3-7-15(8-4-13)19(23)24/h1-8H,9-11H2,(H,18,22)(H,20,21). The van der Waals surface area contributed by atoms with Crippen LogP contribution in [0.1, 0.15) is 21.5 Å². The number of benzene rings is 2. The highest BCUT2D eigenvalue weighted by Gasteiger charge is 2.06. The number of aromatic carboxylic acids is 1. The number of non-ortho nitro benzene ring substituents is 1. The number of nitrogens with one attached hydrogen (secondary N) is 1. The zero-order chi connectivity index (χ0) is 18.2. The molecule has 0 heterocycles. The summed E-state index contributed by atoms with van der Waals surface area (Å²) in [4.78, 5) is 32.4. The Morgan fingerprint density at radius 1 is 1.04 bits per heavy atom. The Labute approximate surface area is 143 Å². The first-order valence-corrected chi connectivity index (χ1v) is 7.42. The van der Waals surface area contributed by atoms with Crippen molar-refractivity contribution in [2.75, 3.05) is 6.54 Å². The van der Waals surface area contributed by atoms with Crippen molar-refractivity contribution in [3.8, 4) is 0 Å². The van der Waals surface area contributed by atoms with Gasteiger partial charge in [0.05, 0.1) is 10.5 Å². The zero-order valence-electron chi connectivity index (χ0n) is 13.2. The van der Waals surface area contributed by atoms with E-state index < -0.39 is 17.0 Å². The molecule has 0 fully saturated rings. The van der Waals surface area contributed by atoms with Gasteiger partial charge >= 0.3 is 12.1 Å². The lowest BCUT2D eigenvalue weighted by Gasteiger charge is -2.07. The summed E-state index contributed by atoms with van der Waals surface area (Å²) in [6.07, 6.45) is -0.0625. The number of hydrogen-bond donors (Lipinski definition) is 2. The highest BCUT2D eigenvalue weighted by Crippen LogP contribution is 2.12. The second kappa shape index (κ2) is 8.44. The molecule has 130 valence electrons. The summed E-state index contributed by atoms with van der Waals surface area (Å²) in [5, 5.41) is 21.9. The number of carboxylic acid groups (broad SMARTS) is 1. The van der Waals surface area contributed by atoms with Gasteiger partial charge in [0.2, 0.25) is 0 Å². The lowest BCUT2D eigenvalue weighted by Crippen LogP contribution is -2.26. The molecule has 0 radical (unpaired) electrons. The van der Waals surface area contributed by atoms with Crippen LogP contribution in [0.4, 0.5) is 10.5 Å². The van der Waals surface area contributed by atoms with Gasteiger partial charge in [0.1, 0.15) is 6.61 Å². The molecule has 0 bridgehead atoms. The molecule has 0 saturated carbocycles. The van der Waals surface area contributed by atoms with Crippen molar-refractivity contribution in [1.29, 1.82) is 0 Å². The predicted octanol–water partition coefficient (Wildman–Crippen LogP) is 2.76. The fourth-order valence-corrected chi connectivity index (χ4v) is 2.04. The molecule has 8 nitrogen and oxygen atoms in total. The van der Waals surface area contributed by atoms with E-state index in [1.54, 1.807) is 12.1 Å². The lowest BCUT2D eigenvalue weighted by molar-refractivity contribution is -0.384. The second-order valence-corrected chi connectivity index (χ2v) is 5.18. The van der Waals surface area contributed by atoms with Crippen LogP contribution in [0.3, 0.4) is 0 Å². The van der Waals surface area contributed by atoms with Gasteiger partial charge in [-0.2, -0.15) is 0 Å². The molecule has 0 saturated heterocycles. The number of alkyl carbamates (subject to hydrolysis) is 1. The lowest BCUT2D eigenvalue weighted by atomic mass is 10.1. The largest absolute Gasteiger partial charge is 0.478 e. The molecular weight excluding hydrogens is 328 g/mol. The van der Waals surface area contributed by atoms with Crippen molar-refractivity contribution >= 4 is 17.7 Å². The number of nitrogens with zero attached hydrogens (tertiary/aromatic N) is 1. The Kier molecular flexibility index (Phi) is 6.05. The first-order valence-electron chi connectivity index (χ1n) is 7.42. The molecule has 0 aliphatic carbocycles. The molecule has 0 aliphatic heterocycles. The van der Waals surface area contributed by atoms with E-state index in [0.717, 1.165) is 5.56 Å². The molecule has 1 amide bonds. The van der Waals surface area contributed by atoms with Gasteiger partial charge in [-0.15, -0.1) is 0 Å². The highest BCUT2D eigenvalue weighted by molar-refractivity contribution is 5.87. The number of carbonyl (C=O) groups is 2. The van der Waals surface area contributed by atoms with E-state index >= 15 is 0 Å². The van der Waals surface area contributed by atoms with Gasteiger partial charge in [0, 0.05) is 18.7 Å². The van der Waals surface area contributed by atoms with Gasteiger partial charge < -0.3 is 15.2 Å². The zero-order valence-corrected chi connectivity index (χ0v) is 13.2. The van der Waals surface area contributed by atoms with E-state index in [0.29, 0.717) is 18.5 Å². The maximum Gasteiger partial charge on any atom is 0.407 e. The monoisotopic (exact) mass is 344 g/mol. The van der Waals surface area contributed by atoms with Crippen molar-refractivity contribution < 1.29 is 24.4 Å². The molecule has 0 aromatic heterocycles. The molecule has 2 aromatic rings. The minimum absolute atomic E-state index is 0.0110. The molecule has 0 unspecified atom stereocenters. The van der Waals surface area contributed by atoms with Crippen LogP contribution in [-0.4, -0.2) is 28.6 Å². The number of rotatable bonds is 7. The fraction of sp³-hybridized carbons (Fsp3) is 0.176. The smallest absolute Gasteiger partial charge is 0.407 e. The summed E-state index contributed by atoms with van der Waals surface area (Å²) in [5.74, 6) is -0.987. The molecule has 0 spiro atoms. The third-order valence-electron chi connectivity index (χ3n) is 3.40. The van der Waals surface area contributed by atoms with Crippen molar-refractivity contribution in [2.24, 2.45) is 0 Å².